The van der Waals surface area contributed by atoms with E-state index < -0.39 is 5.97 Å². The van der Waals surface area contributed by atoms with Gasteiger partial charge in [0.1, 0.15) is 0 Å². The van der Waals surface area contributed by atoms with Crippen LogP contribution >= 0.6 is 15.9 Å². The number of aromatic carboxylic acids is 1. The van der Waals surface area contributed by atoms with E-state index in [9.17, 15) is 9.59 Å². The Morgan fingerprint density at radius 1 is 1.43 bits per heavy atom. The summed E-state index contributed by atoms with van der Waals surface area (Å²) < 4.78 is 0.566. The number of nitrogens with one attached hydrogen (secondary N) is 1. The van der Waals surface area contributed by atoms with Gasteiger partial charge in [0.15, 0.2) is 0 Å². The summed E-state index contributed by atoms with van der Waals surface area (Å²) in [7, 11) is 0. The minimum absolute atomic E-state index is 0.130. The highest BCUT2D eigenvalue weighted by Crippen LogP contribution is 2.27. The molecule has 0 radical (unpaired) electrons. The van der Waals surface area contributed by atoms with Gasteiger partial charge in [0.25, 0.3) is 0 Å². The van der Waals surface area contributed by atoms with Crippen LogP contribution in [0, 0.1) is 5.92 Å². The molecule has 0 spiro atoms. The third kappa shape index (κ3) is 3.56. The number of amides is 2. The van der Waals surface area contributed by atoms with E-state index in [1.807, 2.05) is 4.90 Å². The number of rotatable bonds is 3. The zero-order valence-corrected chi connectivity index (χ0v) is 13.7. The van der Waals surface area contributed by atoms with Gasteiger partial charge in [-0.05, 0) is 52.9 Å². The molecule has 2 rings (SSSR count). The number of carbonyl (C=O) groups is 2. The van der Waals surface area contributed by atoms with Crippen LogP contribution in [-0.4, -0.2) is 34.6 Å². The summed E-state index contributed by atoms with van der Waals surface area (Å²) in [6, 6.07) is 4.71. The van der Waals surface area contributed by atoms with Crippen LogP contribution in [0.4, 0.5) is 10.5 Å². The summed E-state index contributed by atoms with van der Waals surface area (Å²) in [5.74, 6) is -0.566. The third-order valence-corrected chi connectivity index (χ3v) is 4.44. The average molecular weight is 355 g/mol. The molecule has 1 saturated heterocycles. The fourth-order valence-electron chi connectivity index (χ4n) is 2.67. The molecule has 2 amide bonds. The van der Waals surface area contributed by atoms with Gasteiger partial charge < -0.3 is 15.3 Å². The number of halogens is 1. The summed E-state index contributed by atoms with van der Waals surface area (Å²) >= 11 is 3.30. The molecule has 0 aromatic heterocycles. The normalized spacial score (nSPS) is 18.1. The first-order valence-electron chi connectivity index (χ1n) is 7.00. The largest absolute Gasteiger partial charge is 0.478 e. The Hall–Kier alpha value is -1.56. The molecule has 1 atom stereocenters. The van der Waals surface area contributed by atoms with Gasteiger partial charge in [0.05, 0.1) is 11.3 Å². The van der Waals surface area contributed by atoms with Crippen molar-refractivity contribution in [1.29, 1.82) is 0 Å². The minimum atomic E-state index is -0.993. The van der Waals surface area contributed by atoms with E-state index in [0.717, 1.165) is 19.4 Å². The van der Waals surface area contributed by atoms with Crippen LogP contribution in [0.2, 0.25) is 0 Å². The topological polar surface area (TPSA) is 69.6 Å². The molecule has 114 valence electrons. The lowest BCUT2D eigenvalue weighted by Gasteiger charge is -2.28. The van der Waals surface area contributed by atoms with Crippen molar-refractivity contribution in [1.82, 2.24) is 4.90 Å². The highest BCUT2D eigenvalue weighted by molar-refractivity contribution is 9.10. The molecule has 21 heavy (non-hydrogen) atoms. The minimum Gasteiger partial charge on any atom is -0.478 e. The van der Waals surface area contributed by atoms with Gasteiger partial charge >= 0.3 is 12.0 Å². The molecular formula is C15H19BrN2O3. The molecule has 2 N–H and O–H groups in total. The Kier molecular flexibility index (Phi) is 4.88. The maximum atomic E-state index is 12.4. The van der Waals surface area contributed by atoms with Crippen molar-refractivity contribution in [3.05, 3.63) is 28.2 Å². The molecule has 1 aliphatic heterocycles. The van der Waals surface area contributed by atoms with Crippen molar-refractivity contribution < 1.29 is 14.7 Å². The van der Waals surface area contributed by atoms with Gasteiger partial charge in [-0.2, -0.15) is 0 Å². The van der Waals surface area contributed by atoms with E-state index >= 15 is 0 Å². The van der Waals surface area contributed by atoms with Crippen LogP contribution in [0.3, 0.4) is 0 Å². The number of carbonyl (C=O) groups excluding carboxylic acids is 1. The standard InChI is InChI=1S/C15H19BrN2O3/c1-9(2)13-4-3-7-18(13)15(21)17-12-6-5-10(14(19)20)8-11(12)16/h5-6,8-9,13H,3-4,7H2,1-2H3,(H,17,21)(H,19,20). The Balaban J connectivity index is 2.11. The summed E-state index contributed by atoms with van der Waals surface area (Å²) in [4.78, 5) is 25.1. The maximum Gasteiger partial charge on any atom is 0.335 e. The van der Waals surface area contributed by atoms with Crippen molar-refractivity contribution in [2.45, 2.75) is 32.7 Å². The quantitative estimate of drug-likeness (QED) is 0.867. The Morgan fingerprint density at radius 3 is 2.71 bits per heavy atom. The van der Waals surface area contributed by atoms with E-state index in [-0.39, 0.29) is 17.6 Å². The second kappa shape index (κ2) is 6.47. The van der Waals surface area contributed by atoms with E-state index in [4.69, 9.17) is 5.11 Å². The first-order valence-corrected chi connectivity index (χ1v) is 7.80. The fourth-order valence-corrected chi connectivity index (χ4v) is 3.15. The summed E-state index contributed by atoms with van der Waals surface area (Å²) in [6.07, 6.45) is 2.06. The number of nitrogens with zero attached hydrogens (tertiary/aromatic N) is 1. The number of hydrogen-bond acceptors (Lipinski definition) is 2. The van der Waals surface area contributed by atoms with Gasteiger partial charge in [0.2, 0.25) is 0 Å². The summed E-state index contributed by atoms with van der Waals surface area (Å²) in [5, 5.41) is 11.8. The van der Waals surface area contributed by atoms with Crippen LogP contribution in [0.5, 0.6) is 0 Å². The van der Waals surface area contributed by atoms with E-state index in [0.29, 0.717) is 16.1 Å². The predicted molar refractivity (Wildman–Crippen MR) is 84.7 cm³/mol. The second-order valence-corrected chi connectivity index (χ2v) is 6.43. The van der Waals surface area contributed by atoms with Gasteiger partial charge in [-0.15, -0.1) is 0 Å². The highest BCUT2D eigenvalue weighted by atomic mass is 79.9. The smallest absolute Gasteiger partial charge is 0.335 e. The van der Waals surface area contributed by atoms with Gasteiger partial charge in [-0.3, -0.25) is 0 Å². The molecule has 1 fully saturated rings. The van der Waals surface area contributed by atoms with Crippen molar-refractivity contribution in [2.75, 3.05) is 11.9 Å². The zero-order chi connectivity index (χ0) is 15.6. The van der Waals surface area contributed by atoms with Crippen LogP contribution in [0.15, 0.2) is 22.7 Å². The average Bonchev–Trinajstić information content (AvgIpc) is 2.90. The number of carboxylic acids is 1. The van der Waals surface area contributed by atoms with Crippen molar-refractivity contribution in [2.24, 2.45) is 5.92 Å². The SMILES string of the molecule is CC(C)C1CCCN1C(=O)Nc1ccc(C(=O)O)cc1Br. The number of anilines is 1. The van der Waals surface area contributed by atoms with Crippen LogP contribution in [0.1, 0.15) is 37.0 Å². The molecule has 0 saturated carbocycles. The monoisotopic (exact) mass is 354 g/mol. The lowest BCUT2D eigenvalue weighted by Crippen LogP contribution is -2.41. The molecule has 1 aliphatic rings. The highest BCUT2D eigenvalue weighted by Gasteiger charge is 2.30. The molecule has 1 heterocycles. The van der Waals surface area contributed by atoms with E-state index in [1.54, 1.807) is 6.07 Å². The predicted octanol–water partition coefficient (Wildman–Crippen LogP) is 3.80. The molecule has 0 aliphatic carbocycles. The fraction of sp³-hybridized carbons (Fsp3) is 0.467. The molecule has 1 aromatic rings. The van der Waals surface area contributed by atoms with Gasteiger partial charge in [-0.25, -0.2) is 9.59 Å². The zero-order valence-electron chi connectivity index (χ0n) is 12.1. The van der Waals surface area contributed by atoms with Crippen LogP contribution in [-0.2, 0) is 0 Å². The van der Waals surface area contributed by atoms with Gasteiger partial charge in [-0.1, -0.05) is 13.8 Å². The number of likely N-dealkylation sites (tertiary alicyclic amines) is 1. The first-order chi connectivity index (χ1) is 9.90. The molecular weight excluding hydrogens is 336 g/mol. The molecule has 5 nitrogen and oxygen atoms in total. The first kappa shape index (κ1) is 15.8. The van der Waals surface area contributed by atoms with Crippen molar-refractivity contribution in [3.8, 4) is 0 Å². The van der Waals surface area contributed by atoms with E-state index in [1.165, 1.54) is 12.1 Å². The summed E-state index contributed by atoms with van der Waals surface area (Å²) in [6.45, 7) is 5.00. The second-order valence-electron chi connectivity index (χ2n) is 5.58. The Morgan fingerprint density at radius 2 is 2.14 bits per heavy atom. The number of urea groups is 1. The van der Waals surface area contributed by atoms with Crippen molar-refractivity contribution >= 4 is 33.6 Å². The number of hydrogen-bond donors (Lipinski definition) is 2. The molecule has 1 unspecified atom stereocenters. The van der Waals surface area contributed by atoms with Gasteiger partial charge in [0, 0.05) is 17.1 Å². The number of carboxylic acid groups (broad SMARTS) is 1. The lowest BCUT2D eigenvalue weighted by molar-refractivity contribution is 0.0697. The molecule has 0 bridgehead atoms. The van der Waals surface area contributed by atoms with Crippen molar-refractivity contribution in [3.63, 3.8) is 0 Å². The maximum absolute atomic E-state index is 12.4. The number of benzene rings is 1. The molecule has 6 heteroatoms. The molecule has 1 aromatic carbocycles. The third-order valence-electron chi connectivity index (χ3n) is 3.79. The van der Waals surface area contributed by atoms with Crippen LogP contribution < -0.4 is 5.32 Å². The summed E-state index contributed by atoms with van der Waals surface area (Å²) in [5.41, 5.74) is 0.764. The Bertz CT molecular complexity index is 560. The lowest BCUT2D eigenvalue weighted by atomic mass is 10.0. The van der Waals surface area contributed by atoms with E-state index in [2.05, 4.69) is 35.1 Å². The van der Waals surface area contributed by atoms with Crippen LogP contribution in [0.25, 0.3) is 0 Å². The Labute approximate surface area is 132 Å².